The van der Waals surface area contributed by atoms with Crippen LogP contribution in [0.15, 0.2) is 35.0 Å². The van der Waals surface area contributed by atoms with E-state index in [1.54, 1.807) is 32.2 Å². The van der Waals surface area contributed by atoms with Crippen LogP contribution in [-0.4, -0.2) is 58.7 Å². The number of anilines is 3. The quantitative estimate of drug-likeness (QED) is 0.560. The molecule has 2 aliphatic heterocycles. The van der Waals surface area contributed by atoms with E-state index < -0.39 is 24.7 Å². The molecule has 1 atom stereocenters. The Balaban J connectivity index is 1.44. The summed E-state index contributed by atoms with van der Waals surface area (Å²) in [6.07, 6.45) is -0.788. The van der Waals surface area contributed by atoms with Gasteiger partial charge in [-0.3, -0.25) is 15.0 Å². The molecule has 2 N–H and O–H groups in total. The van der Waals surface area contributed by atoms with E-state index in [-0.39, 0.29) is 23.4 Å². The lowest BCUT2D eigenvalue weighted by atomic mass is 10.1. The van der Waals surface area contributed by atoms with Crippen molar-refractivity contribution in [2.24, 2.45) is 0 Å². The summed E-state index contributed by atoms with van der Waals surface area (Å²) >= 11 is 0. The number of amides is 3. The fourth-order valence-electron chi connectivity index (χ4n) is 4.50. The molecular weight excluding hydrogens is 479 g/mol. The predicted molar refractivity (Wildman–Crippen MR) is 124 cm³/mol. The standard InChI is InChI=1S/C23H22F3N7O3/c1-12-7-16(21(34)29-11-23(24,25)26)30-20-19(12)32-6-4-15(10-32)33(20)22(35)31-18-8-14(3-5-27-18)17-9-28-13(2)36-17/h3,5,7-9,15H,4,6,10-11H2,1-2H3,(H,29,34)(H,27,31,35)/t15-/m0/s1. The third-order valence-corrected chi connectivity index (χ3v) is 6.04. The van der Waals surface area contributed by atoms with Crippen LogP contribution < -0.4 is 20.4 Å². The summed E-state index contributed by atoms with van der Waals surface area (Å²) in [5.41, 5.74) is 1.78. The number of nitrogens with zero attached hydrogens (tertiary/aromatic N) is 5. The Hall–Kier alpha value is -4.16. The molecule has 0 aromatic carbocycles. The molecule has 3 aromatic rings. The minimum Gasteiger partial charge on any atom is -0.441 e. The van der Waals surface area contributed by atoms with Gasteiger partial charge in [-0.25, -0.2) is 19.7 Å². The number of hydrogen-bond donors (Lipinski definition) is 2. The highest BCUT2D eigenvalue weighted by atomic mass is 19.4. The summed E-state index contributed by atoms with van der Waals surface area (Å²) in [6.45, 7) is 3.24. The van der Waals surface area contributed by atoms with Gasteiger partial charge in [-0.1, -0.05) is 0 Å². The van der Waals surface area contributed by atoms with Gasteiger partial charge < -0.3 is 14.6 Å². The van der Waals surface area contributed by atoms with Crippen molar-refractivity contribution in [3.05, 3.63) is 47.7 Å². The van der Waals surface area contributed by atoms with E-state index in [9.17, 15) is 22.8 Å². The summed E-state index contributed by atoms with van der Waals surface area (Å²) in [4.78, 5) is 42.0. The average Bonchev–Trinajstić information content (AvgIpc) is 3.43. The second-order valence-electron chi connectivity index (χ2n) is 8.66. The van der Waals surface area contributed by atoms with Gasteiger partial charge >= 0.3 is 12.2 Å². The maximum atomic E-state index is 13.5. The molecule has 1 saturated heterocycles. The van der Waals surface area contributed by atoms with Gasteiger partial charge in [-0.15, -0.1) is 0 Å². The third kappa shape index (κ3) is 4.55. The topological polar surface area (TPSA) is 116 Å². The number of alkyl halides is 3. The first-order valence-electron chi connectivity index (χ1n) is 11.2. The zero-order valence-electron chi connectivity index (χ0n) is 19.4. The van der Waals surface area contributed by atoms with Crippen LogP contribution >= 0.6 is 0 Å². The summed E-state index contributed by atoms with van der Waals surface area (Å²) in [7, 11) is 0. The Morgan fingerprint density at radius 2 is 2.03 bits per heavy atom. The molecule has 5 heterocycles. The summed E-state index contributed by atoms with van der Waals surface area (Å²) in [6, 6.07) is 4.06. The highest BCUT2D eigenvalue weighted by Gasteiger charge is 2.41. The average molecular weight is 501 g/mol. The molecule has 0 saturated carbocycles. The van der Waals surface area contributed by atoms with Crippen molar-refractivity contribution in [3.63, 3.8) is 0 Å². The van der Waals surface area contributed by atoms with E-state index in [2.05, 4.69) is 25.2 Å². The molecule has 5 rings (SSSR count). The fourth-order valence-corrected chi connectivity index (χ4v) is 4.50. The molecule has 188 valence electrons. The first kappa shape index (κ1) is 23.6. The number of fused-ring (bicyclic) bond motifs is 4. The van der Waals surface area contributed by atoms with E-state index >= 15 is 0 Å². The monoisotopic (exact) mass is 501 g/mol. The van der Waals surface area contributed by atoms with Gasteiger partial charge in [-0.05, 0) is 37.1 Å². The van der Waals surface area contributed by atoms with Crippen molar-refractivity contribution in [2.75, 3.05) is 34.8 Å². The van der Waals surface area contributed by atoms with Crippen LogP contribution in [-0.2, 0) is 0 Å². The van der Waals surface area contributed by atoms with E-state index in [1.807, 2.05) is 5.32 Å². The number of rotatable bonds is 4. The summed E-state index contributed by atoms with van der Waals surface area (Å²) in [5.74, 6) is 0.541. The van der Waals surface area contributed by atoms with Crippen LogP contribution in [0.3, 0.4) is 0 Å². The van der Waals surface area contributed by atoms with Crippen molar-refractivity contribution in [1.29, 1.82) is 0 Å². The first-order chi connectivity index (χ1) is 17.1. The van der Waals surface area contributed by atoms with Gasteiger partial charge in [0.05, 0.1) is 17.9 Å². The maximum Gasteiger partial charge on any atom is 0.405 e. The second kappa shape index (κ2) is 8.81. The first-order valence-corrected chi connectivity index (χ1v) is 11.2. The lowest BCUT2D eigenvalue weighted by molar-refractivity contribution is -0.123. The SMILES string of the molecule is Cc1ncc(-c2ccnc(NC(=O)N3c4nc(C(=O)NCC(F)(F)F)cc(C)c4N4CC[C@H]3C4)c2)o1. The second-order valence-corrected chi connectivity index (χ2v) is 8.66. The normalized spacial score (nSPS) is 16.6. The number of aryl methyl sites for hydroxylation is 2. The molecule has 1 fully saturated rings. The van der Waals surface area contributed by atoms with Gasteiger partial charge in [0, 0.05) is 31.8 Å². The van der Waals surface area contributed by atoms with Gasteiger partial charge in [0.2, 0.25) is 0 Å². The van der Waals surface area contributed by atoms with Crippen LogP contribution in [0.5, 0.6) is 0 Å². The van der Waals surface area contributed by atoms with E-state index in [0.717, 1.165) is 0 Å². The molecule has 2 aliphatic rings. The fraction of sp³-hybridized carbons (Fsp3) is 0.348. The van der Waals surface area contributed by atoms with Crippen molar-refractivity contribution >= 4 is 29.3 Å². The number of hydrogen-bond acceptors (Lipinski definition) is 7. The van der Waals surface area contributed by atoms with Crippen LogP contribution in [0.25, 0.3) is 11.3 Å². The lowest BCUT2D eigenvalue weighted by Gasteiger charge is -2.36. The van der Waals surface area contributed by atoms with E-state index in [0.29, 0.717) is 48.0 Å². The zero-order chi connectivity index (χ0) is 25.6. The predicted octanol–water partition coefficient (Wildman–Crippen LogP) is 3.67. The molecule has 0 unspecified atom stereocenters. The minimum absolute atomic E-state index is 0.198. The number of carbonyl (C=O) groups excluding carboxylic acids is 2. The zero-order valence-corrected chi connectivity index (χ0v) is 19.4. The Labute approximate surface area is 203 Å². The van der Waals surface area contributed by atoms with Crippen LogP contribution in [0, 0.1) is 13.8 Å². The highest BCUT2D eigenvalue weighted by Crippen LogP contribution is 2.41. The van der Waals surface area contributed by atoms with Crippen LogP contribution in [0.1, 0.15) is 28.4 Å². The van der Waals surface area contributed by atoms with E-state index in [4.69, 9.17) is 4.42 Å². The van der Waals surface area contributed by atoms with Crippen molar-refractivity contribution in [3.8, 4) is 11.3 Å². The molecule has 13 heteroatoms. The Morgan fingerprint density at radius 3 is 2.75 bits per heavy atom. The number of carbonyl (C=O) groups is 2. The molecule has 3 aromatic heterocycles. The Kier molecular flexibility index (Phi) is 5.77. The summed E-state index contributed by atoms with van der Waals surface area (Å²) < 4.78 is 43.3. The molecule has 0 spiro atoms. The lowest BCUT2D eigenvalue weighted by Crippen LogP contribution is -2.49. The molecule has 10 nitrogen and oxygen atoms in total. The highest BCUT2D eigenvalue weighted by molar-refractivity contribution is 6.05. The largest absolute Gasteiger partial charge is 0.441 e. The smallest absolute Gasteiger partial charge is 0.405 e. The van der Waals surface area contributed by atoms with Gasteiger partial charge in [-0.2, -0.15) is 13.2 Å². The third-order valence-electron chi connectivity index (χ3n) is 6.04. The molecule has 0 radical (unpaired) electrons. The maximum absolute atomic E-state index is 13.5. The number of halogens is 3. The van der Waals surface area contributed by atoms with Crippen LogP contribution in [0.2, 0.25) is 0 Å². The number of pyridine rings is 2. The minimum atomic E-state index is -4.55. The van der Waals surface area contributed by atoms with Gasteiger partial charge in [0.25, 0.3) is 5.91 Å². The van der Waals surface area contributed by atoms with Gasteiger partial charge in [0.1, 0.15) is 18.1 Å². The molecule has 3 amide bonds. The molecule has 0 aliphatic carbocycles. The number of aromatic nitrogens is 3. The van der Waals surface area contributed by atoms with Crippen LogP contribution in [0.4, 0.5) is 35.3 Å². The molecule has 2 bridgehead atoms. The van der Waals surface area contributed by atoms with Crippen molar-refractivity contribution in [1.82, 2.24) is 20.3 Å². The number of urea groups is 1. The van der Waals surface area contributed by atoms with E-state index in [1.165, 1.54) is 17.2 Å². The number of nitrogens with one attached hydrogen (secondary N) is 2. The Morgan fingerprint density at radius 1 is 1.22 bits per heavy atom. The molecule has 36 heavy (non-hydrogen) atoms. The Bertz CT molecular complexity index is 1340. The van der Waals surface area contributed by atoms with Crippen molar-refractivity contribution in [2.45, 2.75) is 32.5 Å². The number of oxazole rings is 1. The van der Waals surface area contributed by atoms with Gasteiger partial charge in [0.15, 0.2) is 17.5 Å². The summed E-state index contributed by atoms with van der Waals surface area (Å²) in [5, 5.41) is 4.61. The molecular formula is C23H22F3N7O3. The van der Waals surface area contributed by atoms with Crippen molar-refractivity contribution < 1.29 is 27.2 Å².